The highest BCUT2D eigenvalue weighted by molar-refractivity contribution is 5.89. The van der Waals surface area contributed by atoms with E-state index in [1.165, 1.54) is 6.07 Å². The van der Waals surface area contributed by atoms with Crippen molar-refractivity contribution in [2.45, 2.75) is 25.5 Å². The quantitative estimate of drug-likeness (QED) is 0.656. The van der Waals surface area contributed by atoms with E-state index in [1.54, 1.807) is 43.5 Å². The molecule has 2 aromatic carbocycles. The fourth-order valence-electron chi connectivity index (χ4n) is 4.01. The van der Waals surface area contributed by atoms with E-state index >= 15 is 0 Å². The third-order valence-corrected chi connectivity index (χ3v) is 5.58. The second-order valence-electron chi connectivity index (χ2n) is 7.47. The Balaban J connectivity index is 1.87. The molecule has 0 aromatic heterocycles. The first-order chi connectivity index (χ1) is 13.9. The molecule has 0 unspecified atom stereocenters. The summed E-state index contributed by atoms with van der Waals surface area (Å²) in [5.41, 5.74) is 0.200. The molecule has 0 saturated carbocycles. The molecule has 7 nitrogen and oxygen atoms in total. The van der Waals surface area contributed by atoms with Gasteiger partial charge in [0, 0.05) is 19.6 Å². The Kier molecular flexibility index (Phi) is 6.20. The van der Waals surface area contributed by atoms with Crippen molar-refractivity contribution in [3.05, 3.63) is 65.2 Å². The Bertz CT molecular complexity index is 898. The molecular weight excluding hydrogens is 374 g/mol. The van der Waals surface area contributed by atoms with Crippen LogP contribution in [0.2, 0.25) is 0 Å². The fraction of sp³-hybridized carbons (Fsp3) is 0.364. The van der Waals surface area contributed by atoms with Crippen molar-refractivity contribution in [3.63, 3.8) is 0 Å². The van der Waals surface area contributed by atoms with E-state index in [2.05, 4.69) is 0 Å². The van der Waals surface area contributed by atoms with Gasteiger partial charge in [0.25, 0.3) is 0 Å². The van der Waals surface area contributed by atoms with Gasteiger partial charge in [-0.15, -0.1) is 0 Å². The molecule has 0 radical (unpaired) electrons. The zero-order valence-electron chi connectivity index (χ0n) is 16.2. The van der Waals surface area contributed by atoms with E-state index in [1.807, 2.05) is 11.0 Å². The Hall–Kier alpha value is -2.90. The fourth-order valence-corrected chi connectivity index (χ4v) is 4.01. The van der Waals surface area contributed by atoms with Crippen LogP contribution in [0.1, 0.15) is 27.9 Å². The molecule has 1 aliphatic rings. The minimum absolute atomic E-state index is 0.120. The number of ether oxygens (including phenoxy) is 1. The zero-order valence-corrected chi connectivity index (χ0v) is 16.2. The van der Waals surface area contributed by atoms with E-state index in [-0.39, 0.29) is 18.5 Å². The maximum atomic E-state index is 12.3. The van der Waals surface area contributed by atoms with Crippen LogP contribution in [0.3, 0.4) is 0 Å². The summed E-state index contributed by atoms with van der Waals surface area (Å²) in [6.45, 7) is 0.916. The van der Waals surface area contributed by atoms with Gasteiger partial charge in [0.1, 0.15) is 11.2 Å². The number of methoxy groups -OCH3 is 1. The summed E-state index contributed by atoms with van der Waals surface area (Å²) in [6.07, 6.45) is -0.555. The van der Waals surface area contributed by atoms with Crippen LogP contribution in [-0.2, 0) is 17.8 Å². The van der Waals surface area contributed by atoms with Gasteiger partial charge < -0.3 is 20.1 Å². The van der Waals surface area contributed by atoms with Crippen LogP contribution in [0.5, 0.6) is 5.75 Å². The van der Waals surface area contributed by atoms with Gasteiger partial charge in [-0.1, -0.05) is 30.3 Å². The van der Waals surface area contributed by atoms with Crippen molar-refractivity contribution in [2.24, 2.45) is 5.41 Å². The summed E-state index contributed by atoms with van der Waals surface area (Å²) >= 11 is 0. The van der Waals surface area contributed by atoms with Gasteiger partial charge >= 0.3 is 11.9 Å². The van der Waals surface area contributed by atoms with E-state index < -0.39 is 23.5 Å². The Morgan fingerprint density at radius 3 is 2.62 bits per heavy atom. The molecule has 0 spiro atoms. The minimum Gasteiger partial charge on any atom is -0.497 e. The average Bonchev–Trinajstić information content (AvgIpc) is 2.70. The third-order valence-electron chi connectivity index (χ3n) is 5.58. The summed E-state index contributed by atoms with van der Waals surface area (Å²) in [7, 11) is 1.54. The molecule has 0 amide bonds. The average molecular weight is 399 g/mol. The molecule has 3 N–H and O–H groups in total. The topological polar surface area (TPSA) is 107 Å². The normalized spacial score (nSPS) is 22.2. The van der Waals surface area contributed by atoms with Crippen molar-refractivity contribution >= 4 is 11.9 Å². The maximum absolute atomic E-state index is 12.3. The van der Waals surface area contributed by atoms with Gasteiger partial charge in [0.15, 0.2) is 0 Å². The molecule has 3 rings (SSSR count). The number of piperidine rings is 1. The van der Waals surface area contributed by atoms with E-state index in [0.717, 1.165) is 5.56 Å². The largest absolute Gasteiger partial charge is 0.497 e. The van der Waals surface area contributed by atoms with Crippen molar-refractivity contribution in [2.75, 3.05) is 20.2 Å². The monoisotopic (exact) mass is 399 g/mol. The number of benzene rings is 2. The Morgan fingerprint density at radius 2 is 1.93 bits per heavy atom. The summed E-state index contributed by atoms with van der Waals surface area (Å²) in [6, 6.07) is 13.9. The van der Waals surface area contributed by atoms with Crippen LogP contribution in [0.15, 0.2) is 48.5 Å². The molecule has 2 aromatic rings. The minimum atomic E-state index is -1.39. The van der Waals surface area contributed by atoms with Gasteiger partial charge in [0.2, 0.25) is 0 Å². The summed E-state index contributed by atoms with van der Waals surface area (Å²) in [5.74, 6) is -1.46. The van der Waals surface area contributed by atoms with Gasteiger partial charge in [-0.2, -0.15) is 0 Å². The van der Waals surface area contributed by atoms with Crippen LogP contribution < -0.4 is 4.74 Å². The van der Waals surface area contributed by atoms with Gasteiger partial charge in [-0.05, 0) is 42.2 Å². The van der Waals surface area contributed by atoms with Gasteiger partial charge in [-0.3, -0.25) is 9.69 Å². The van der Waals surface area contributed by atoms with Crippen molar-refractivity contribution in [3.8, 4) is 5.75 Å². The van der Waals surface area contributed by atoms with Gasteiger partial charge in [-0.25, -0.2) is 4.79 Å². The number of carboxylic acid groups (broad SMARTS) is 2. The van der Waals surface area contributed by atoms with Crippen molar-refractivity contribution in [1.29, 1.82) is 0 Å². The third kappa shape index (κ3) is 4.41. The number of likely N-dealkylation sites (tertiary alicyclic amines) is 1. The molecule has 2 atom stereocenters. The molecular formula is C22H25NO6. The lowest BCUT2D eigenvalue weighted by Crippen LogP contribution is -2.56. The Morgan fingerprint density at radius 1 is 1.17 bits per heavy atom. The van der Waals surface area contributed by atoms with E-state index in [9.17, 15) is 24.9 Å². The molecule has 1 fully saturated rings. The lowest BCUT2D eigenvalue weighted by Gasteiger charge is -2.43. The highest BCUT2D eigenvalue weighted by Gasteiger charge is 2.49. The number of hydrogen-bond donors (Lipinski definition) is 3. The predicted molar refractivity (Wildman–Crippen MR) is 106 cm³/mol. The molecule has 0 bridgehead atoms. The lowest BCUT2D eigenvalue weighted by molar-refractivity contribution is -0.163. The highest BCUT2D eigenvalue weighted by atomic mass is 16.5. The Labute approximate surface area is 169 Å². The number of aliphatic hydroxyl groups excluding tert-OH is 1. The van der Waals surface area contributed by atoms with E-state index in [4.69, 9.17) is 4.74 Å². The van der Waals surface area contributed by atoms with Crippen LogP contribution in [0, 0.1) is 5.41 Å². The number of aliphatic carboxylic acids is 1. The predicted octanol–water partition coefficient (Wildman–Crippen LogP) is 2.27. The number of aromatic carboxylic acids is 1. The standard InChI is InChI=1S/C22H25NO6/c1-29-17-7-4-5-15(11-17)12-22(21(27)28)14-23(10-9-19(22)24)13-16-6-2-3-8-18(16)20(25)26/h2-8,11,19,24H,9-10,12-14H2,1H3,(H,25,26)(H,27,28)/t19-,22-/m1/s1. The number of carboxylic acids is 2. The first-order valence-electron chi connectivity index (χ1n) is 9.43. The molecule has 7 heteroatoms. The number of hydrogen-bond acceptors (Lipinski definition) is 5. The van der Waals surface area contributed by atoms with Crippen LogP contribution >= 0.6 is 0 Å². The SMILES string of the molecule is COc1cccc(C[C@@]2(C(=O)O)CN(Cc3ccccc3C(=O)O)CC[C@H]2O)c1. The second-order valence-corrected chi connectivity index (χ2v) is 7.47. The molecule has 1 aliphatic heterocycles. The van der Waals surface area contributed by atoms with E-state index in [0.29, 0.717) is 30.8 Å². The molecule has 154 valence electrons. The first-order valence-corrected chi connectivity index (χ1v) is 9.43. The number of nitrogens with zero attached hydrogens (tertiary/aromatic N) is 1. The summed E-state index contributed by atoms with van der Waals surface area (Å²) < 4.78 is 5.22. The lowest BCUT2D eigenvalue weighted by atomic mass is 9.72. The van der Waals surface area contributed by atoms with Crippen LogP contribution in [-0.4, -0.2) is 58.5 Å². The number of rotatable bonds is 7. The molecule has 1 heterocycles. The zero-order chi connectivity index (χ0) is 21.0. The second kappa shape index (κ2) is 8.63. The first kappa shape index (κ1) is 20.8. The highest BCUT2D eigenvalue weighted by Crippen LogP contribution is 2.36. The number of aliphatic hydroxyl groups is 1. The molecule has 1 saturated heterocycles. The molecule has 0 aliphatic carbocycles. The van der Waals surface area contributed by atoms with Crippen LogP contribution in [0.25, 0.3) is 0 Å². The smallest absolute Gasteiger partial charge is 0.336 e. The van der Waals surface area contributed by atoms with Gasteiger partial charge in [0.05, 0.1) is 18.8 Å². The van der Waals surface area contributed by atoms with Crippen LogP contribution in [0.4, 0.5) is 0 Å². The summed E-state index contributed by atoms with van der Waals surface area (Å²) in [5, 5.41) is 30.1. The summed E-state index contributed by atoms with van der Waals surface area (Å²) in [4.78, 5) is 25.7. The maximum Gasteiger partial charge on any atom is 0.336 e. The van der Waals surface area contributed by atoms with Crippen molar-refractivity contribution in [1.82, 2.24) is 4.90 Å². The molecule has 29 heavy (non-hydrogen) atoms. The van der Waals surface area contributed by atoms with Crippen molar-refractivity contribution < 1.29 is 29.6 Å². The number of carbonyl (C=O) groups is 2.